The molecule has 0 aliphatic heterocycles. The van der Waals surface area contributed by atoms with Crippen molar-refractivity contribution in [2.45, 2.75) is 19.3 Å². The fraction of sp³-hybridized carbons (Fsp3) is 0.600. The third-order valence-corrected chi connectivity index (χ3v) is 3.91. The molecule has 104 valence electrons. The number of aliphatic carboxylic acids is 2. The Morgan fingerprint density at radius 2 is 1.78 bits per heavy atom. The first-order chi connectivity index (χ1) is 7.41. The molecule has 0 saturated heterocycles. The van der Waals surface area contributed by atoms with E-state index in [0.29, 0.717) is 12.1 Å². The summed E-state index contributed by atoms with van der Waals surface area (Å²) >= 11 is 0. The quantitative estimate of drug-likeness (QED) is 0.589. The lowest BCUT2D eigenvalue weighted by Gasteiger charge is -2.47. The van der Waals surface area contributed by atoms with Crippen molar-refractivity contribution in [2.24, 2.45) is 28.7 Å². The van der Waals surface area contributed by atoms with Gasteiger partial charge in [-0.15, -0.1) is 24.8 Å². The zero-order valence-electron chi connectivity index (χ0n) is 9.46. The molecule has 2 bridgehead atoms. The molecular formula is C10H16Cl2N2O4. The molecule has 8 heteroatoms. The summed E-state index contributed by atoms with van der Waals surface area (Å²) in [4.78, 5) is 22.5. The maximum Gasteiger partial charge on any atom is 0.316 e. The van der Waals surface area contributed by atoms with Crippen molar-refractivity contribution in [3.05, 3.63) is 11.4 Å². The van der Waals surface area contributed by atoms with Crippen molar-refractivity contribution in [2.75, 3.05) is 0 Å². The number of hydrogen-bond donors (Lipinski definition) is 4. The van der Waals surface area contributed by atoms with Crippen molar-refractivity contribution >= 4 is 36.8 Å². The summed E-state index contributed by atoms with van der Waals surface area (Å²) < 4.78 is 0. The largest absolute Gasteiger partial charge is 0.481 e. The molecule has 3 aliphatic rings. The first-order valence-corrected chi connectivity index (χ1v) is 5.13. The summed E-state index contributed by atoms with van der Waals surface area (Å²) in [5, 5.41) is 18.4. The average Bonchev–Trinajstić information content (AvgIpc) is 2.24. The number of carbonyl (C=O) groups is 2. The van der Waals surface area contributed by atoms with E-state index in [2.05, 4.69) is 0 Å². The smallest absolute Gasteiger partial charge is 0.316 e. The highest BCUT2D eigenvalue weighted by Gasteiger charge is 2.59. The fourth-order valence-corrected chi connectivity index (χ4v) is 2.94. The molecule has 6 nitrogen and oxygen atoms in total. The predicted octanol–water partition coefficient (Wildman–Crippen LogP) is 0.544. The highest BCUT2D eigenvalue weighted by Crippen LogP contribution is 2.54. The van der Waals surface area contributed by atoms with Crippen molar-refractivity contribution < 1.29 is 19.8 Å². The zero-order chi connectivity index (χ0) is 12.1. The van der Waals surface area contributed by atoms with E-state index in [9.17, 15) is 14.7 Å². The molecule has 0 heterocycles. The van der Waals surface area contributed by atoms with Crippen molar-refractivity contribution in [1.29, 1.82) is 0 Å². The predicted molar refractivity (Wildman–Crippen MR) is 68.4 cm³/mol. The summed E-state index contributed by atoms with van der Waals surface area (Å²) in [6, 6.07) is 0. The van der Waals surface area contributed by atoms with E-state index < -0.39 is 23.3 Å². The number of allylic oxidation sites excluding steroid dienone is 1. The van der Waals surface area contributed by atoms with E-state index in [4.69, 9.17) is 16.6 Å². The lowest BCUT2D eigenvalue weighted by Crippen LogP contribution is -2.55. The number of fused-ring (bicyclic) bond motifs is 2. The highest BCUT2D eigenvalue weighted by molar-refractivity contribution is 5.87. The SMILES string of the molecule is Cl.Cl.NC1=C(N)C2(C(=O)O)CCC1CC2C(=O)O. The Bertz CT molecular complexity index is 413. The number of carboxylic acid groups (broad SMARTS) is 2. The summed E-state index contributed by atoms with van der Waals surface area (Å²) in [6.45, 7) is 0. The molecule has 3 aliphatic carbocycles. The maximum atomic E-state index is 11.4. The minimum Gasteiger partial charge on any atom is -0.481 e. The monoisotopic (exact) mass is 298 g/mol. The zero-order valence-corrected chi connectivity index (χ0v) is 11.1. The Kier molecular flexibility index (Phi) is 4.91. The van der Waals surface area contributed by atoms with Gasteiger partial charge in [0.25, 0.3) is 0 Å². The van der Waals surface area contributed by atoms with Crippen LogP contribution in [0.1, 0.15) is 19.3 Å². The fourth-order valence-electron chi connectivity index (χ4n) is 2.94. The van der Waals surface area contributed by atoms with Crippen molar-refractivity contribution in [1.82, 2.24) is 0 Å². The van der Waals surface area contributed by atoms with Gasteiger partial charge in [-0.05, 0) is 19.3 Å². The van der Waals surface area contributed by atoms with Gasteiger partial charge in [-0.3, -0.25) is 9.59 Å². The lowest BCUT2D eigenvalue weighted by atomic mass is 9.56. The van der Waals surface area contributed by atoms with Gasteiger partial charge in [0.15, 0.2) is 0 Å². The standard InChI is InChI=1S/C10H14N2O4.2ClH/c11-6-4-1-2-10(7(6)12,9(15)16)5(3-4)8(13)14;;/h4-5H,1-3,11-12H2,(H,13,14)(H,15,16);2*1H. The molecule has 1 saturated carbocycles. The molecule has 0 amide bonds. The molecule has 3 unspecified atom stereocenters. The van der Waals surface area contributed by atoms with Crippen LogP contribution in [0, 0.1) is 17.3 Å². The second kappa shape index (κ2) is 5.24. The normalized spacial score (nSPS) is 33.3. The molecule has 0 aromatic carbocycles. The van der Waals surface area contributed by atoms with E-state index >= 15 is 0 Å². The Hall–Kier alpha value is -1.14. The summed E-state index contributed by atoms with van der Waals surface area (Å²) in [6.07, 6.45) is 1.13. The van der Waals surface area contributed by atoms with Gasteiger partial charge in [-0.1, -0.05) is 0 Å². The van der Waals surface area contributed by atoms with Crippen LogP contribution < -0.4 is 11.5 Å². The second-order valence-corrected chi connectivity index (χ2v) is 4.51. The average molecular weight is 299 g/mol. The van der Waals surface area contributed by atoms with Gasteiger partial charge in [0, 0.05) is 17.3 Å². The van der Waals surface area contributed by atoms with E-state index in [-0.39, 0.29) is 49.3 Å². The number of hydrogen-bond acceptors (Lipinski definition) is 4. The van der Waals surface area contributed by atoms with Crippen LogP contribution in [-0.2, 0) is 9.59 Å². The Balaban J connectivity index is 0.00000144. The molecule has 3 atom stereocenters. The van der Waals surface area contributed by atoms with Crippen LogP contribution in [0.2, 0.25) is 0 Å². The number of carboxylic acids is 2. The molecule has 0 spiro atoms. The van der Waals surface area contributed by atoms with Crippen LogP contribution >= 0.6 is 24.8 Å². The van der Waals surface area contributed by atoms with Gasteiger partial charge in [0.2, 0.25) is 0 Å². The van der Waals surface area contributed by atoms with Crippen LogP contribution in [0.3, 0.4) is 0 Å². The third-order valence-electron chi connectivity index (χ3n) is 3.91. The third kappa shape index (κ3) is 1.89. The maximum absolute atomic E-state index is 11.4. The molecule has 0 aromatic heterocycles. The molecule has 18 heavy (non-hydrogen) atoms. The van der Waals surface area contributed by atoms with E-state index in [1.54, 1.807) is 0 Å². The van der Waals surface area contributed by atoms with E-state index in [1.807, 2.05) is 0 Å². The topological polar surface area (TPSA) is 127 Å². The number of halogens is 2. The van der Waals surface area contributed by atoms with Crippen LogP contribution in [0.5, 0.6) is 0 Å². The van der Waals surface area contributed by atoms with Crippen molar-refractivity contribution in [3.8, 4) is 0 Å². The highest BCUT2D eigenvalue weighted by atomic mass is 35.5. The van der Waals surface area contributed by atoms with Gasteiger partial charge >= 0.3 is 11.9 Å². The van der Waals surface area contributed by atoms with Crippen molar-refractivity contribution in [3.63, 3.8) is 0 Å². The molecular weight excluding hydrogens is 283 g/mol. The number of rotatable bonds is 2. The van der Waals surface area contributed by atoms with Gasteiger partial charge in [0.05, 0.1) is 5.92 Å². The Labute approximate surface area is 116 Å². The van der Waals surface area contributed by atoms with E-state index in [0.717, 1.165) is 0 Å². The Morgan fingerprint density at radius 3 is 2.22 bits per heavy atom. The summed E-state index contributed by atoms with van der Waals surface area (Å²) in [5.74, 6) is -3.33. The molecule has 0 aromatic rings. The minimum atomic E-state index is -1.50. The molecule has 3 rings (SSSR count). The minimum absolute atomic E-state index is 0. The van der Waals surface area contributed by atoms with Crippen LogP contribution in [0.15, 0.2) is 11.4 Å². The lowest BCUT2D eigenvalue weighted by molar-refractivity contribution is -0.165. The van der Waals surface area contributed by atoms with Gasteiger partial charge < -0.3 is 21.7 Å². The second-order valence-electron chi connectivity index (χ2n) is 4.51. The van der Waals surface area contributed by atoms with Crippen LogP contribution in [0.4, 0.5) is 0 Å². The number of nitrogens with two attached hydrogens (primary N) is 2. The first kappa shape index (κ1) is 16.9. The van der Waals surface area contributed by atoms with Gasteiger partial charge in [-0.25, -0.2) is 0 Å². The molecule has 6 N–H and O–H groups in total. The molecule has 0 radical (unpaired) electrons. The first-order valence-electron chi connectivity index (χ1n) is 5.13. The van der Waals surface area contributed by atoms with Gasteiger partial charge in [-0.2, -0.15) is 0 Å². The van der Waals surface area contributed by atoms with Crippen LogP contribution in [-0.4, -0.2) is 22.2 Å². The summed E-state index contributed by atoms with van der Waals surface area (Å²) in [5.41, 5.74) is 10.4. The molecule has 1 fully saturated rings. The Morgan fingerprint density at radius 1 is 1.22 bits per heavy atom. The summed E-state index contributed by atoms with van der Waals surface area (Å²) in [7, 11) is 0. The van der Waals surface area contributed by atoms with E-state index in [1.165, 1.54) is 0 Å². The van der Waals surface area contributed by atoms with Crippen LogP contribution in [0.25, 0.3) is 0 Å². The van der Waals surface area contributed by atoms with Gasteiger partial charge in [0.1, 0.15) is 5.41 Å².